The number of hydrogen-bond acceptors (Lipinski definition) is 2. The fourth-order valence-electron chi connectivity index (χ4n) is 0.441. The first-order chi connectivity index (χ1) is 4.96. The Balaban J connectivity index is 0. The Labute approximate surface area is 101 Å². The van der Waals surface area contributed by atoms with Crippen LogP contribution in [0, 0.1) is 0 Å². The van der Waals surface area contributed by atoms with E-state index in [1.165, 1.54) is 0 Å². The number of sulfonamides is 1. The molecule has 0 atom stereocenters. The number of halogens is 2. The molecule has 0 aliphatic carbocycles. The van der Waals surface area contributed by atoms with E-state index in [0.29, 0.717) is 6.92 Å². The average molecular weight is 239 g/mol. The van der Waals surface area contributed by atoms with Crippen molar-refractivity contribution in [3.05, 3.63) is 4.39 Å². The Morgan fingerprint density at radius 3 is 1.62 bits per heavy atom. The van der Waals surface area contributed by atoms with Crippen LogP contribution < -0.4 is 29.6 Å². The molecule has 0 aromatic heterocycles. The topological polar surface area (TPSA) is 48.2 Å². The average Bonchev–Trinajstić information content (AvgIpc) is 1.52. The van der Waals surface area contributed by atoms with E-state index in [2.05, 4.69) is 4.39 Å². The van der Waals surface area contributed by atoms with Crippen LogP contribution in [-0.2, 0) is 10.0 Å². The van der Waals surface area contributed by atoms with E-state index in [-0.39, 0.29) is 29.6 Å². The SMILES string of the molecule is CC(F)(F)S(=O)(=O)[N-][Si](C)(C)C.[Na+]. The van der Waals surface area contributed by atoms with Gasteiger partial charge in [-0.15, -0.1) is 0 Å². The van der Waals surface area contributed by atoms with Gasteiger partial charge in [0, 0.05) is 6.92 Å². The van der Waals surface area contributed by atoms with E-state index in [1.54, 1.807) is 19.6 Å². The van der Waals surface area contributed by atoms with Crippen molar-refractivity contribution in [2.24, 2.45) is 0 Å². The summed E-state index contributed by atoms with van der Waals surface area (Å²) in [5.74, 6) is 0. The molecule has 0 saturated heterocycles. The fraction of sp³-hybridized carbons (Fsp3) is 1.00. The molecule has 74 valence electrons. The minimum atomic E-state index is -4.60. The number of nitrogens with zero attached hydrogens (tertiary/aromatic N) is 1. The Morgan fingerprint density at radius 2 is 1.54 bits per heavy atom. The van der Waals surface area contributed by atoms with Gasteiger partial charge >= 0.3 is 34.8 Å². The first-order valence-corrected chi connectivity index (χ1v) is 8.21. The molecule has 0 saturated carbocycles. The monoisotopic (exact) mass is 239 g/mol. The Morgan fingerprint density at radius 1 is 1.23 bits per heavy atom. The van der Waals surface area contributed by atoms with Crippen molar-refractivity contribution in [2.75, 3.05) is 0 Å². The van der Waals surface area contributed by atoms with E-state index < -0.39 is 23.5 Å². The van der Waals surface area contributed by atoms with Gasteiger partial charge in [-0.2, -0.15) is 8.78 Å². The van der Waals surface area contributed by atoms with Crippen LogP contribution in [0.15, 0.2) is 0 Å². The van der Waals surface area contributed by atoms with Crippen LogP contribution in [0.2, 0.25) is 19.6 Å². The minimum Gasteiger partial charge on any atom is -0.547 e. The van der Waals surface area contributed by atoms with E-state index >= 15 is 0 Å². The molecular formula is C5H12F2NNaO2SSi. The second kappa shape index (κ2) is 4.67. The van der Waals surface area contributed by atoms with Gasteiger partial charge in [0.25, 0.3) is 0 Å². The van der Waals surface area contributed by atoms with Crippen LogP contribution in [0.25, 0.3) is 4.39 Å². The summed E-state index contributed by atoms with van der Waals surface area (Å²) in [6, 6.07) is 0. The minimum absolute atomic E-state index is 0. The van der Waals surface area contributed by atoms with E-state index in [4.69, 9.17) is 0 Å². The molecule has 0 aliphatic heterocycles. The second-order valence-electron chi connectivity index (χ2n) is 3.54. The van der Waals surface area contributed by atoms with Crippen LogP contribution >= 0.6 is 0 Å². The van der Waals surface area contributed by atoms with Crippen molar-refractivity contribution in [1.82, 2.24) is 0 Å². The summed E-state index contributed by atoms with van der Waals surface area (Å²) in [6.07, 6.45) is 0. The van der Waals surface area contributed by atoms with Gasteiger partial charge in [0.05, 0.1) is 0 Å². The summed E-state index contributed by atoms with van der Waals surface area (Å²) < 4.78 is 49.5. The molecule has 0 N–H and O–H groups in total. The third-order valence-electron chi connectivity index (χ3n) is 0.847. The zero-order chi connectivity index (χ0) is 10.2. The van der Waals surface area contributed by atoms with Gasteiger partial charge in [-0.05, 0) is 0 Å². The van der Waals surface area contributed by atoms with Gasteiger partial charge in [-0.25, -0.2) is 8.42 Å². The van der Waals surface area contributed by atoms with Crippen molar-refractivity contribution in [2.45, 2.75) is 31.8 Å². The first-order valence-electron chi connectivity index (χ1n) is 3.32. The molecule has 0 spiro atoms. The Hall–Kier alpha value is 0.987. The van der Waals surface area contributed by atoms with Gasteiger partial charge in [0.2, 0.25) is 0 Å². The molecular weight excluding hydrogens is 227 g/mol. The molecule has 0 fully saturated rings. The standard InChI is InChI=1S/C5H12F2NO2SSi.Na/c1-5(6,7)11(9,10)8-12(2,3)4;/h1-4H3;/q-1;+1. The van der Waals surface area contributed by atoms with Crippen molar-refractivity contribution in [1.29, 1.82) is 0 Å². The summed E-state index contributed by atoms with van der Waals surface area (Å²) in [5, 5.41) is -3.76. The molecule has 0 unspecified atom stereocenters. The Kier molecular flexibility index (Phi) is 5.90. The van der Waals surface area contributed by atoms with Gasteiger partial charge in [0.1, 0.15) is 10.0 Å². The predicted molar refractivity (Wildman–Crippen MR) is 46.2 cm³/mol. The number of alkyl halides is 2. The summed E-state index contributed by atoms with van der Waals surface area (Å²) in [5.41, 5.74) is 0. The van der Waals surface area contributed by atoms with Gasteiger partial charge < -0.3 is 4.39 Å². The van der Waals surface area contributed by atoms with Crippen LogP contribution in [0.5, 0.6) is 0 Å². The molecule has 0 aromatic carbocycles. The molecule has 0 amide bonds. The maximum atomic E-state index is 12.4. The van der Waals surface area contributed by atoms with Crippen molar-refractivity contribution >= 4 is 18.3 Å². The molecule has 0 aromatic rings. The first kappa shape index (κ1) is 16.4. The molecule has 0 bridgehead atoms. The summed E-state index contributed by atoms with van der Waals surface area (Å²) in [6.45, 7) is 5.08. The summed E-state index contributed by atoms with van der Waals surface area (Å²) in [7, 11) is -6.95. The third-order valence-corrected chi connectivity index (χ3v) is 4.91. The normalized spacial score (nSPS) is 13.7. The van der Waals surface area contributed by atoms with Gasteiger partial charge in [-0.1, -0.05) is 27.9 Å². The molecule has 3 nitrogen and oxygen atoms in total. The Bertz CT molecular complexity index is 257. The van der Waals surface area contributed by atoms with Crippen molar-refractivity contribution < 1.29 is 46.8 Å². The maximum absolute atomic E-state index is 12.4. The van der Waals surface area contributed by atoms with Crippen LogP contribution in [0.1, 0.15) is 6.92 Å². The molecule has 13 heavy (non-hydrogen) atoms. The molecule has 8 heteroatoms. The largest absolute Gasteiger partial charge is 1.00 e. The van der Waals surface area contributed by atoms with Crippen LogP contribution in [0.3, 0.4) is 0 Å². The summed E-state index contributed by atoms with van der Waals surface area (Å²) >= 11 is 0. The van der Waals surface area contributed by atoms with Crippen LogP contribution in [-0.4, -0.2) is 21.9 Å². The van der Waals surface area contributed by atoms with Crippen molar-refractivity contribution in [3.63, 3.8) is 0 Å². The van der Waals surface area contributed by atoms with E-state index in [9.17, 15) is 17.2 Å². The van der Waals surface area contributed by atoms with Gasteiger partial charge in [-0.3, -0.25) is 0 Å². The number of hydrogen-bond donors (Lipinski definition) is 0. The predicted octanol–water partition coefficient (Wildman–Crippen LogP) is -0.858. The maximum Gasteiger partial charge on any atom is 1.00 e. The molecule has 0 rings (SSSR count). The van der Waals surface area contributed by atoms with Crippen molar-refractivity contribution in [3.8, 4) is 0 Å². The fourth-order valence-corrected chi connectivity index (χ4v) is 3.97. The molecule has 0 radical (unpaired) electrons. The summed E-state index contributed by atoms with van der Waals surface area (Å²) in [4.78, 5) is 0. The van der Waals surface area contributed by atoms with E-state index in [0.717, 1.165) is 0 Å². The zero-order valence-electron chi connectivity index (χ0n) is 8.43. The van der Waals surface area contributed by atoms with Gasteiger partial charge in [0.15, 0.2) is 0 Å². The zero-order valence-corrected chi connectivity index (χ0v) is 12.2. The molecule has 0 aliphatic rings. The smallest absolute Gasteiger partial charge is 0.547 e. The van der Waals surface area contributed by atoms with E-state index in [1.807, 2.05) is 0 Å². The quantitative estimate of drug-likeness (QED) is 0.602. The van der Waals surface area contributed by atoms with Crippen LogP contribution in [0.4, 0.5) is 8.78 Å². The second-order valence-corrected chi connectivity index (χ2v) is 10.3. The third kappa shape index (κ3) is 6.13. The number of rotatable bonds is 3. The molecule has 0 heterocycles.